The zero-order chi connectivity index (χ0) is 20.1. The molecule has 7 heteroatoms. The van der Waals surface area contributed by atoms with Crippen LogP contribution in [-0.2, 0) is 11.2 Å². The number of hydrogen-bond donors (Lipinski definition) is 2. The minimum absolute atomic E-state index is 0.461. The Labute approximate surface area is 171 Å². The van der Waals surface area contributed by atoms with Gasteiger partial charge in [-0.3, -0.25) is 0 Å². The van der Waals surface area contributed by atoms with Gasteiger partial charge in [0.2, 0.25) is 5.95 Å². The Morgan fingerprint density at radius 3 is 2.69 bits per heavy atom. The van der Waals surface area contributed by atoms with E-state index in [-0.39, 0.29) is 0 Å². The van der Waals surface area contributed by atoms with Gasteiger partial charge < -0.3 is 20.3 Å². The normalized spacial score (nSPS) is 13.9. The Morgan fingerprint density at radius 2 is 1.86 bits per heavy atom. The number of aryl methyl sites for hydroxylation is 2. The molecule has 4 rings (SSSR count). The molecule has 7 nitrogen and oxygen atoms in total. The van der Waals surface area contributed by atoms with E-state index in [0.29, 0.717) is 11.8 Å². The lowest BCUT2D eigenvalue weighted by atomic mass is 10.1. The van der Waals surface area contributed by atoms with Crippen molar-refractivity contribution in [3.63, 3.8) is 0 Å². The van der Waals surface area contributed by atoms with Crippen molar-refractivity contribution in [2.45, 2.75) is 20.3 Å². The van der Waals surface area contributed by atoms with Crippen molar-refractivity contribution in [2.24, 2.45) is 0 Å². The highest BCUT2D eigenvalue weighted by Gasteiger charge is 2.15. The van der Waals surface area contributed by atoms with Gasteiger partial charge in [-0.2, -0.15) is 10.1 Å². The van der Waals surface area contributed by atoms with Gasteiger partial charge in [0.25, 0.3) is 0 Å². The second-order valence-corrected chi connectivity index (χ2v) is 6.99. The van der Waals surface area contributed by atoms with Gasteiger partial charge in [-0.1, -0.05) is 37.3 Å². The highest BCUT2D eigenvalue weighted by molar-refractivity contribution is 5.74. The number of benzene rings is 2. The van der Waals surface area contributed by atoms with Crippen LogP contribution < -0.4 is 15.5 Å². The molecular weight excluding hydrogens is 364 g/mol. The maximum atomic E-state index is 5.48. The van der Waals surface area contributed by atoms with E-state index in [2.05, 4.69) is 68.8 Å². The van der Waals surface area contributed by atoms with E-state index in [0.717, 1.165) is 49.8 Å². The zero-order valence-corrected chi connectivity index (χ0v) is 16.9. The minimum Gasteiger partial charge on any atom is -0.378 e. The first-order valence-electron chi connectivity index (χ1n) is 9.98. The van der Waals surface area contributed by atoms with Crippen LogP contribution in [0.2, 0.25) is 0 Å². The molecule has 1 aromatic heterocycles. The number of rotatable bonds is 6. The molecule has 150 valence electrons. The summed E-state index contributed by atoms with van der Waals surface area (Å²) < 4.78 is 5.48. The zero-order valence-electron chi connectivity index (χ0n) is 16.9. The Balaban J connectivity index is 1.56. The molecule has 29 heavy (non-hydrogen) atoms. The number of para-hydroxylation sites is 3. The number of nitrogens with one attached hydrogen (secondary N) is 2. The van der Waals surface area contributed by atoms with Crippen LogP contribution in [0, 0.1) is 6.92 Å². The van der Waals surface area contributed by atoms with E-state index >= 15 is 0 Å². The highest BCUT2D eigenvalue weighted by Crippen LogP contribution is 2.29. The second-order valence-electron chi connectivity index (χ2n) is 6.99. The van der Waals surface area contributed by atoms with Gasteiger partial charge in [0.15, 0.2) is 5.82 Å². The van der Waals surface area contributed by atoms with E-state index < -0.39 is 0 Å². The summed E-state index contributed by atoms with van der Waals surface area (Å²) in [6.07, 6.45) is 2.59. The van der Waals surface area contributed by atoms with Gasteiger partial charge in [-0.25, -0.2) is 0 Å². The molecule has 0 amide bonds. The van der Waals surface area contributed by atoms with E-state index in [9.17, 15) is 0 Å². The topological polar surface area (TPSA) is 75.2 Å². The van der Waals surface area contributed by atoms with Crippen molar-refractivity contribution in [3.05, 3.63) is 59.8 Å². The lowest BCUT2D eigenvalue weighted by molar-refractivity contribution is 0.123. The Kier molecular flexibility index (Phi) is 5.86. The molecular formula is C22H26N6O. The van der Waals surface area contributed by atoms with Crippen molar-refractivity contribution in [1.29, 1.82) is 0 Å². The molecule has 2 heterocycles. The third-order valence-corrected chi connectivity index (χ3v) is 5.05. The van der Waals surface area contributed by atoms with Crippen molar-refractivity contribution >= 4 is 28.8 Å². The molecule has 0 radical (unpaired) electrons. The predicted molar refractivity (Wildman–Crippen MR) is 116 cm³/mol. The van der Waals surface area contributed by atoms with Gasteiger partial charge >= 0.3 is 0 Å². The molecule has 0 spiro atoms. The number of morpholine rings is 1. The van der Waals surface area contributed by atoms with Crippen LogP contribution in [0.4, 0.5) is 28.8 Å². The lowest BCUT2D eigenvalue weighted by Gasteiger charge is -2.30. The molecule has 2 N–H and O–H groups in total. The quantitative estimate of drug-likeness (QED) is 0.657. The summed E-state index contributed by atoms with van der Waals surface area (Å²) in [7, 11) is 0. The molecule has 0 saturated carbocycles. The summed E-state index contributed by atoms with van der Waals surface area (Å²) in [5, 5.41) is 15.1. The Hall–Kier alpha value is -3.19. The summed E-state index contributed by atoms with van der Waals surface area (Å²) >= 11 is 0. The summed E-state index contributed by atoms with van der Waals surface area (Å²) in [6, 6.07) is 14.5. The maximum Gasteiger partial charge on any atom is 0.249 e. The number of ether oxygens (including phenoxy) is 1. The van der Waals surface area contributed by atoms with Gasteiger partial charge in [0.1, 0.15) is 0 Å². The molecule has 0 aliphatic carbocycles. The fourth-order valence-corrected chi connectivity index (χ4v) is 3.53. The molecule has 0 unspecified atom stereocenters. The number of nitrogens with zero attached hydrogens (tertiary/aromatic N) is 4. The van der Waals surface area contributed by atoms with Crippen molar-refractivity contribution < 1.29 is 4.74 Å². The molecule has 3 aromatic rings. The van der Waals surface area contributed by atoms with Gasteiger partial charge in [-0.05, 0) is 36.6 Å². The van der Waals surface area contributed by atoms with Gasteiger partial charge in [-0.15, -0.1) is 5.10 Å². The number of aromatic nitrogens is 3. The smallest absolute Gasteiger partial charge is 0.249 e. The molecule has 1 aliphatic heterocycles. The number of anilines is 5. The standard InChI is InChI=1S/C22H26N6O/c1-3-17-8-6-7-16(2)21(17)25-20-15-23-27-22(26-20)24-18-9-4-5-10-19(18)28-11-13-29-14-12-28/h4-10,15H,3,11-14H2,1-2H3,(H2,24,25,26,27). The SMILES string of the molecule is CCc1cccc(C)c1Nc1cnnc(Nc2ccccc2N2CCOCC2)n1. The second kappa shape index (κ2) is 8.87. The van der Waals surface area contributed by atoms with Crippen LogP contribution >= 0.6 is 0 Å². The van der Waals surface area contributed by atoms with Gasteiger partial charge in [0.05, 0.1) is 30.8 Å². The average molecular weight is 390 g/mol. The third kappa shape index (κ3) is 4.46. The third-order valence-electron chi connectivity index (χ3n) is 5.05. The summed E-state index contributed by atoms with van der Waals surface area (Å²) in [4.78, 5) is 6.93. The largest absolute Gasteiger partial charge is 0.378 e. The maximum absolute atomic E-state index is 5.48. The van der Waals surface area contributed by atoms with Gasteiger partial charge in [0, 0.05) is 18.8 Å². The van der Waals surface area contributed by atoms with Crippen LogP contribution in [0.3, 0.4) is 0 Å². The van der Waals surface area contributed by atoms with Crippen molar-refractivity contribution in [2.75, 3.05) is 41.8 Å². The summed E-state index contributed by atoms with van der Waals surface area (Å²) in [5.74, 6) is 1.12. The minimum atomic E-state index is 0.461. The monoisotopic (exact) mass is 390 g/mol. The van der Waals surface area contributed by atoms with E-state index in [1.165, 1.54) is 11.1 Å². The van der Waals surface area contributed by atoms with Crippen molar-refractivity contribution in [3.8, 4) is 0 Å². The van der Waals surface area contributed by atoms with Crippen LogP contribution in [0.5, 0.6) is 0 Å². The number of hydrogen-bond acceptors (Lipinski definition) is 7. The Bertz CT molecular complexity index is 971. The first-order chi connectivity index (χ1) is 14.2. The summed E-state index contributed by atoms with van der Waals surface area (Å²) in [6.45, 7) is 7.45. The first kappa shape index (κ1) is 19.1. The fraction of sp³-hybridized carbons (Fsp3) is 0.318. The van der Waals surface area contributed by atoms with E-state index in [1.807, 2.05) is 18.2 Å². The molecule has 1 aliphatic rings. The van der Waals surface area contributed by atoms with Crippen LogP contribution in [0.15, 0.2) is 48.7 Å². The van der Waals surface area contributed by atoms with E-state index in [4.69, 9.17) is 4.74 Å². The predicted octanol–water partition coefficient (Wildman–Crippen LogP) is 4.07. The lowest BCUT2D eigenvalue weighted by Crippen LogP contribution is -2.36. The van der Waals surface area contributed by atoms with Crippen LogP contribution in [0.25, 0.3) is 0 Å². The van der Waals surface area contributed by atoms with Crippen LogP contribution in [0.1, 0.15) is 18.1 Å². The van der Waals surface area contributed by atoms with Crippen LogP contribution in [-0.4, -0.2) is 41.5 Å². The molecule has 2 aromatic carbocycles. The molecule has 0 atom stereocenters. The van der Waals surface area contributed by atoms with Crippen molar-refractivity contribution in [1.82, 2.24) is 15.2 Å². The fourth-order valence-electron chi connectivity index (χ4n) is 3.53. The summed E-state index contributed by atoms with van der Waals surface area (Å²) in [5.41, 5.74) is 5.57. The average Bonchev–Trinajstić information content (AvgIpc) is 2.76. The van der Waals surface area contributed by atoms with E-state index in [1.54, 1.807) is 6.20 Å². The molecule has 1 saturated heterocycles. The first-order valence-corrected chi connectivity index (χ1v) is 9.98. The molecule has 1 fully saturated rings. The Morgan fingerprint density at radius 1 is 1.03 bits per heavy atom. The highest BCUT2D eigenvalue weighted by atomic mass is 16.5. The molecule has 0 bridgehead atoms.